The molecule has 1 aromatic heterocycles. The summed E-state index contributed by atoms with van der Waals surface area (Å²) in [4.78, 5) is 25.0. The maximum absolute atomic E-state index is 13.1. The van der Waals surface area contributed by atoms with Crippen molar-refractivity contribution in [1.29, 1.82) is 0 Å². The second-order valence-electron chi connectivity index (χ2n) is 8.27. The van der Waals surface area contributed by atoms with Gasteiger partial charge in [-0.15, -0.1) is 0 Å². The molecule has 3 aromatic rings. The minimum atomic E-state index is -0.621. The summed E-state index contributed by atoms with van der Waals surface area (Å²) in [6, 6.07) is 15.3. The van der Waals surface area contributed by atoms with Crippen molar-refractivity contribution in [2.75, 3.05) is 0 Å². The van der Waals surface area contributed by atoms with Crippen molar-refractivity contribution in [3.8, 4) is 0 Å². The second kappa shape index (κ2) is 7.20. The number of benzene rings is 2. The van der Waals surface area contributed by atoms with E-state index in [1.807, 2.05) is 69.3 Å². The fourth-order valence-electron chi connectivity index (χ4n) is 3.91. The summed E-state index contributed by atoms with van der Waals surface area (Å²) in [6.45, 7) is 5.53. The SMILES string of the molecule is CC(C)(C)OC(=O)n1c2c(c3cc(Cl)ccc31)C=C(C=O)[C@@H](c1ccccc1)C2. The van der Waals surface area contributed by atoms with Gasteiger partial charge in [-0.05, 0) is 57.0 Å². The molecule has 1 heterocycles. The van der Waals surface area contributed by atoms with E-state index < -0.39 is 11.7 Å². The fraction of sp³-hybridized carbons (Fsp3) is 0.250. The molecule has 1 aliphatic carbocycles. The second-order valence-corrected chi connectivity index (χ2v) is 8.70. The predicted octanol–water partition coefficient (Wildman–Crippen LogP) is 6.00. The Morgan fingerprint density at radius 2 is 1.90 bits per heavy atom. The number of carbonyl (C=O) groups excluding carboxylic acids is 2. The van der Waals surface area contributed by atoms with Gasteiger partial charge in [-0.3, -0.25) is 4.79 Å². The van der Waals surface area contributed by atoms with Crippen molar-refractivity contribution in [2.45, 2.75) is 38.7 Å². The first-order valence-electron chi connectivity index (χ1n) is 9.56. The molecule has 1 aliphatic rings. The van der Waals surface area contributed by atoms with E-state index in [0.29, 0.717) is 17.0 Å². The molecule has 0 saturated heterocycles. The molecule has 0 bridgehead atoms. The summed E-state index contributed by atoms with van der Waals surface area (Å²) in [5.74, 6) is -0.123. The van der Waals surface area contributed by atoms with Crippen LogP contribution in [0.3, 0.4) is 0 Å². The van der Waals surface area contributed by atoms with E-state index in [0.717, 1.165) is 34.0 Å². The summed E-state index contributed by atoms with van der Waals surface area (Å²) < 4.78 is 7.31. The van der Waals surface area contributed by atoms with Crippen LogP contribution in [0, 0.1) is 0 Å². The van der Waals surface area contributed by atoms with E-state index in [1.54, 1.807) is 10.6 Å². The minimum absolute atomic E-state index is 0.123. The van der Waals surface area contributed by atoms with Crippen LogP contribution in [0.5, 0.6) is 0 Å². The van der Waals surface area contributed by atoms with Gasteiger partial charge in [-0.2, -0.15) is 0 Å². The highest BCUT2D eigenvalue weighted by atomic mass is 35.5. The highest BCUT2D eigenvalue weighted by Gasteiger charge is 2.31. The lowest BCUT2D eigenvalue weighted by Gasteiger charge is -2.25. The van der Waals surface area contributed by atoms with Crippen molar-refractivity contribution in [1.82, 2.24) is 4.57 Å². The molecule has 4 nitrogen and oxygen atoms in total. The van der Waals surface area contributed by atoms with Crippen molar-refractivity contribution in [3.05, 3.63) is 75.9 Å². The molecule has 0 aliphatic heterocycles. The van der Waals surface area contributed by atoms with Gasteiger partial charge in [0.25, 0.3) is 0 Å². The minimum Gasteiger partial charge on any atom is -0.443 e. The molecule has 0 amide bonds. The van der Waals surface area contributed by atoms with E-state index in [-0.39, 0.29) is 5.92 Å². The number of halogens is 1. The number of carbonyl (C=O) groups is 2. The van der Waals surface area contributed by atoms with Gasteiger partial charge in [0.1, 0.15) is 11.9 Å². The number of hydrogen-bond acceptors (Lipinski definition) is 3. The van der Waals surface area contributed by atoms with E-state index >= 15 is 0 Å². The maximum Gasteiger partial charge on any atom is 0.419 e. The Bertz CT molecular complexity index is 1140. The molecular weight excluding hydrogens is 386 g/mol. The largest absolute Gasteiger partial charge is 0.443 e. The number of aldehydes is 1. The lowest BCUT2D eigenvalue weighted by atomic mass is 9.82. The van der Waals surface area contributed by atoms with E-state index in [1.165, 1.54) is 0 Å². The van der Waals surface area contributed by atoms with Crippen LogP contribution in [0.2, 0.25) is 5.02 Å². The normalized spacial score (nSPS) is 16.3. The lowest BCUT2D eigenvalue weighted by molar-refractivity contribution is -0.105. The summed E-state index contributed by atoms with van der Waals surface area (Å²) in [7, 11) is 0. The van der Waals surface area contributed by atoms with Crippen molar-refractivity contribution >= 4 is 41.0 Å². The smallest absolute Gasteiger partial charge is 0.419 e. The molecule has 0 N–H and O–H groups in total. The van der Waals surface area contributed by atoms with Crippen LogP contribution >= 0.6 is 11.6 Å². The van der Waals surface area contributed by atoms with Crippen molar-refractivity contribution in [2.24, 2.45) is 0 Å². The number of nitrogens with zero attached hydrogens (tertiary/aromatic N) is 1. The van der Waals surface area contributed by atoms with Crippen molar-refractivity contribution in [3.63, 3.8) is 0 Å². The fourth-order valence-corrected chi connectivity index (χ4v) is 4.08. The first kappa shape index (κ1) is 19.5. The zero-order valence-corrected chi connectivity index (χ0v) is 17.4. The van der Waals surface area contributed by atoms with Crippen LogP contribution in [0.15, 0.2) is 54.1 Å². The molecule has 0 unspecified atom stereocenters. The Hall–Kier alpha value is -2.85. The first-order chi connectivity index (χ1) is 13.8. The number of ether oxygens (including phenoxy) is 1. The van der Waals surface area contributed by atoms with E-state index in [2.05, 4.69) is 0 Å². The van der Waals surface area contributed by atoms with Crippen LogP contribution in [0.4, 0.5) is 4.79 Å². The molecule has 5 heteroatoms. The highest BCUT2D eigenvalue weighted by molar-refractivity contribution is 6.31. The Balaban J connectivity index is 1.94. The molecule has 0 saturated carbocycles. The van der Waals surface area contributed by atoms with Crippen LogP contribution in [0.1, 0.15) is 43.5 Å². The van der Waals surface area contributed by atoms with Gasteiger partial charge >= 0.3 is 6.09 Å². The zero-order valence-electron chi connectivity index (χ0n) is 16.6. The van der Waals surface area contributed by atoms with Gasteiger partial charge in [0.05, 0.1) is 5.52 Å². The molecule has 0 radical (unpaired) electrons. The summed E-state index contributed by atoms with van der Waals surface area (Å²) in [6.07, 6.45) is 2.88. The summed E-state index contributed by atoms with van der Waals surface area (Å²) in [5, 5.41) is 1.41. The molecule has 29 heavy (non-hydrogen) atoms. The van der Waals surface area contributed by atoms with Crippen LogP contribution in [0.25, 0.3) is 17.0 Å². The van der Waals surface area contributed by atoms with Gasteiger partial charge in [0, 0.05) is 33.2 Å². The number of fused-ring (bicyclic) bond motifs is 3. The molecule has 0 spiro atoms. The standard InChI is InChI=1S/C24H22ClNO3/c1-24(2,3)29-23(28)26-21-10-9-17(25)12-20(21)19-11-16(14-27)18(13-22(19)26)15-7-5-4-6-8-15/h4-12,14,18H,13H2,1-3H3/t18-/m1/s1. The Morgan fingerprint density at radius 1 is 1.17 bits per heavy atom. The van der Waals surface area contributed by atoms with Gasteiger partial charge < -0.3 is 4.74 Å². The average Bonchev–Trinajstić information content (AvgIpc) is 2.99. The highest BCUT2D eigenvalue weighted by Crippen LogP contribution is 2.40. The third kappa shape index (κ3) is 3.60. The molecule has 4 rings (SSSR count). The predicted molar refractivity (Wildman–Crippen MR) is 116 cm³/mol. The van der Waals surface area contributed by atoms with Gasteiger partial charge in [-0.1, -0.05) is 41.9 Å². The Morgan fingerprint density at radius 3 is 2.55 bits per heavy atom. The number of rotatable bonds is 2. The number of hydrogen-bond donors (Lipinski definition) is 0. The van der Waals surface area contributed by atoms with Crippen LogP contribution in [-0.4, -0.2) is 22.5 Å². The van der Waals surface area contributed by atoms with E-state index in [9.17, 15) is 9.59 Å². The van der Waals surface area contributed by atoms with Crippen molar-refractivity contribution < 1.29 is 14.3 Å². The van der Waals surface area contributed by atoms with Crippen LogP contribution < -0.4 is 0 Å². The van der Waals surface area contributed by atoms with Crippen LogP contribution in [-0.2, 0) is 16.0 Å². The third-order valence-corrected chi connectivity index (χ3v) is 5.33. The summed E-state index contributed by atoms with van der Waals surface area (Å²) in [5.41, 5.74) is 3.51. The van der Waals surface area contributed by atoms with E-state index in [4.69, 9.17) is 16.3 Å². The molecule has 0 fully saturated rings. The molecule has 2 aromatic carbocycles. The quantitative estimate of drug-likeness (QED) is 0.489. The molecule has 148 valence electrons. The van der Waals surface area contributed by atoms with Gasteiger partial charge in [0.2, 0.25) is 0 Å². The first-order valence-corrected chi connectivity index (χ1v) is 9.94. The number of aromatic nitrogens is 1. The molecular formula is C24H22ClNO3. The van der Waals surface area contributed by atoms with Gasteiger partial charge in [0.15, 0.2) is 0 Å². The lowest BCUT2D eigenvalue weighted by Crippen LogP contribution is -2.29. The van der Waals surface area contributed by atoms with Gasteiger partial charge in [-0.25, -0.2) is 9.36 Å². The maximum atomic E-state index is 13.1. The Kier molecular flexibility index (Phi) is 4.83. The Labute approximate surface area is 174 Å². The molecule has 1 atom stereocenters. The average molecular weight is 408 g/mol. The summed E-state index contributed by atoms with van der Waals surface area (Å²) >= 11 is 6.24. The number of allylic oxidation sites excluding steroid dienone is 1. The monoisotopic (exact) mass is 407 g/mol. The third-order valence-electron chi connectivity index (χ3n) is 5.10. The zero-order chi connectivity index (χ0) is 20.8. The topological polar surface area (TPSA) is 48.3 Å².